The summed E-state index contributed by atoms with van der Waals surface area (Å²) in [5, 5.41) is 14.8. The van der Waals surface area contributed by atoms with Crippen molar-refractivity contribution in [3.63, 3.8) is 0 Å². The molecule has 30 heavy (non-hydrogen) atoms. The minimum Gasteiger partial charge on any atom is -0.351 e. The highest BCUT2D eigenvalue weighted by Gasteiger charge is 2.25. The zero-order valence-electron chi connectivity index (χ0n) is 15.8. The molecule has 0 aromatic carbocycles. The van der Waals surface area contributed by atoms with Gasteiger partial charge in [0.1, 0.15) is 15.3 Å². The molecule has 2 aromatic heterocycles. The van der Waals surface area contributed by atoms with Crippen LogP contribution in [0.5, 0.6) is 0 Å². The van der Waals surface area contributed by atoms with Crippen molar-refractivity contribution in [1.29, 1.82) is 0 Å². The first-order chi connectivity index (χ1) is 14.3. The number of nitro groups is 1. The van der Waals surface area contributed by atoms with Crippen LogP contribution in [0, 0.1) is 10.1 Å². The Morgan fingerprint density at radius 1 is 1.37 bits per heavy atom. The predicted octanol–water partition coefficient (Wildman–Crippen LogP) is 5.06. The Morgan fingerprint density at radius 2 is 2.03 bits per heavy atom. The number of amides is 1. The molecule has 1 fully saturated rings. The predicted molar refractivity (Wildman–Crippen MR) is 117 cm³/mol. The van der Waals surface area contributed by atoms with Crippen LogP contribution < -0.4 is 5.32 Å². The summed E-state index contributed by atoms with van der Waals surface area (Å²) < 4.78 is 13.5. The van der Waals surface area contributed by atoms with E-state index in [2.05, 4.69) is 15.2 Å². The summed E-state index contributed by atoms with van der Waals surface area (Å²) in [6.07, 6.45) is 3.92. The second kappa shape index (κ2) is 10.7. The molecule has 0 radical (unpaired) electrons. The van der Waals surface area contributed by atoms with E-state index in [1.54, 1.807) is 0 Å². The van der Waals surface area contributed by atoms with Crippen LogP contribution in [-0.4, -0.2) is 53.1 Å². The molecule has 1 N–H and O–H groups in total. The molecule has 2 aromatic rings. The quantitative estimate of drug-likeness (QED) is 0.314. The standard InChI is InChI=1S/C18H19Cl2FN4O3S2/c19-12-9-22-10-13(20)16(12)30-18-14(25(27)28)8-15(29-18)17(26)23-4-1-5-24-6-2-11(21)3-7-24/h8-11H,1-7H2,(H,23,26). The number of thiophene rings is 1. The number of hydrogen-bond donors (Lipinski definition) is 1. The summed E-state index contributed by atoms with van der Waals surface area (Å²) >= 11 is 14.3. The van der Waals surface area contributed by atoms with Gasteiger partial charge in [-0.15, -0.1) is 11.3 Å². The maximum absolute atomic E-state index is 13.2. The molecule has 12 heteroatoms. The lowest BCUT2D eigenvalue weighted by molar-refractivity contribution is -0.387. The van der Waals surface area contributed by atoms with E-state index in [1.165, 1.54) is 18.5 Å². The minimum absolute atomic E-state index is 0.173. The number of pyridine rings is 1. The molecule has 3 rings (SSSR count). The highest BCUT2D eigenvalue weighted by atomic mass is 35.5. The van der Waals surface area contributed by atoms with Crippen molar-refractivity contribution in [3.05, 3.63) is 43.5 Å². The fourth-order valence-electron chi connectivity index (χ4n) is 2.98. The molecule has 162 valence electrons. The molecule has 1 aliphatic heterocycles. The third-order valence-electron chi connectivity index (χ3n) is 4.56. The maximum Gasteiger partial charge on any atom is 0.294 e. The maximum atomic E-state index is 13.2. The summed E-state index contributed by atoms with van der Waals surface area (Å²) in [5.41, 5.74) is -0.173. The number of nitrogens with zero attached hydrogens (tertiary/aromatic N) is 3. The third kappa shape index (κ3) is 6.04. The van der Waals surface area contributed by atoms with Gasteiger partial charge >= 0.3 is 0 Å². The summed E-state index contributed by atoms with van der Waals surface area (Å²) in [7, 11) is 0. The lowest BCUT2D eigenvalue weighted by atomic mass is 10.1. The van der Waals surface area contributed by atoms with Gasteiger partial charge in [0.25, 0.3) is 11.6 Å². The van der Waals surface area contributed by atoms with Gasteiger partial charge in [-0.05, 0) is 25.8 Å². The van der Waals surface area contributed by atoms with Gasteiger partial charge in [-0.3, -0.25) is 19.9 Å². The summed E-state index contributed by atoms with van der Waals surface area (Å²) in [6.45, 7) is 2.67. The number of piperidine rings is 1. The Bertz CT molecular complexity index is 903. The number of aromatic nitrogens is 1. The van der Waals surface area contributed by atoms with E-state index >= 15 is 0 Å². The molecule has 0 unspecified atom stereocenters. The van der Waals surface area contributed by atoms with Gasteiger partial charge in [0.2, 0.25) is 0 Å². The largest absolute Gasteiger partial charge is 0.351 e. The van der Waals surface area contributed by atoms with Crippen molar-refractivity contribution in [3.8, 4) is 0 Å². The highest BCUT2D eigenvalue weighted by Crippen LogP contribution is 2.45. The van der Waals surface area contributed by atoms with E-state index < -0.39 is 11.1 Å². The van der Waals surface area contributed by atoms with E-state index in [0.29, 0.717) is 28.5 Å². The molecule has 1 amide bonds. The lowest BCUT2D eigenvalue weighted by Gasteiger charge is -2.28. The van der Waals surface area contributed by atoms with Crippen LogP contribution in [0.25, 0.3) is 0 Å². The van der Waals surface area contributed by atoms with Crippen LogP contribution in [0.2, 0.25) is 10.0 Å². The molecular weight excluding hydrogens is 474 g/mol. The Morgan fingerprint density at radius 3 is 2.67 bits per heavy atom. The van der Waals surface area contributed by atoms with Crippen molar-refractivity contribution < 1.29 is 14.1 Å². The van der Waals surface area contributed by atoms with Crippen molar-refractivity contribution in [2.24, 2.45) is 0 Å². The molecule has 7 nitrogen and oxygen atoms in total. The number of alkyl halides is 1. The van der Waals surface area contributed by atoms with E-state index in [-0.39, 0.29) is 26.5 Å². The molecule has 1 aliphatic rings. The second-order valence-electron chi connectivity index (χ2n) is 6.70. The van der Waals surface area contributed by atoms with Gasteiger partial charge in [-0.2, -0.15) is 0 Å². The second-order valence-corrected chi connectivity index (χ2v) is 9.85. The molecule has 0 saturated carbocycles. The number of hydrogen-bond acceptors (Lipinski definition) is 7. The van der Waals surface area contributed by atoms with Gasteiger partial charge in [-0.25, -0.2) is 4.39 Å². The molecule has 0 bridgehead atoms. The Labute approximate surface area is 191 Å². The number of halogens is 3. The molecule has 0 spiro atoms. The van der Waals surface area contributed by atoms with Crippen molar-refractivity contribution >= 4 is 57.9 Å². The molecule has 0 atom stereocenters. The molecule has 3 heterocycles. The zero-order chi connectivity index (χ0) is 21.7. The fraction of sp³-hybridized carbons (Fsp3) is 0.444. The average Bonchev–Trinajstić information content (AvgIpc) is 3.14. The zero-order valence-corrected chi connectivity index (χ0v) is 18.9. The van der Waals surface area contributed by atoms with Crippen molar-refractivity contribution in [1.82, 2.24) is 15.2 Å². The Kier molecular flexibility index (Phi) is 8.29. The van der Waals surface area contributed by atoms with Crippen LogP contribution >= 0.6 is 46.3 Å². The topological polar surface area (TPSA) is 88.4 Å². The van der Waals surface area contributed by atoms with Gasteiger partial charge in [0, 0.05) is 38.1 Å². The normalized spacial score (nSPS) is 15.3. The number of likely N-dealkylation sites (tertiary alicyclic amines) is 1. The number of nitrogens with one attached hydrogen (secondary N) is 1. The van der Waals surface area contributed by atoms with Gasteiger partial charge in [0.15, 0.2) is 0 Å². The van der Waals surface area contributed by atoms with E-state index in [0.717, 1.165) is 49.2 Å². The van der Waals surface area contributed by atoms with Gasteiger partial charge in [0.05, 0.1) is 19.9 Å². The van der Waals surface area contributed by atoms with Gasteiger partial charge < -0.3 is 10.2 Å². The van der Waals surface area contributed by atoms with Crippen LogP contribution in [0.4, 0.5) is 10.1 Å². The van der Waals surface area contributed by atoms with Crippen LogP contribution in [0.15, 0.2) is 27.6 Å². The summed E-state index contributed by atoms with van der Waals surface area (Å²) in [6, 6.07) is 1.26. The third-order valence-corrected chi connectivity index (χ3v) is 7.81. The monoisotopic (exact) mass is 492 g/mol. The van der Waals surface area contributed by atoms with Crippen LogP contribution in [0.3, 0.4) is 0 Å². The average molecular weight is 493 g/mol. The summed E-state index contributed by atoms with van der Waals surface area (Å²) in [5.74, 6) is -0.371. The van der Waals surface area contributed by atoms with Crippen LogP contribution in [-0.2, 0) is 0 Å². The van der Waals surface area contributed by atoms with E-state index in [4.69, 9.17) is 23.2 Å². The van der Waals surface area contributed by atoms with Crippen LogP contribution in [0.1, 0.15) is 28.9 Å². The first-order valence-electron chi connectivity index (χ1n) is 9.25. The van der Waals surface area contributed by atoms with E-state index in [1.807, 2.05) is 0 Å². The number of carbonyl (C=O) groups excluding carboxylic acids is 1. The first kappa shape index (κ1) is 23.2. The first-order valence-corrected chi connectivity index (χ1v) is 11.6. The molecule has 0 aliphatic carbocycles. The SMILES string of the molecule is O=C(NCCCN1CCC(F)CC1)c1cc([N+](=O)[O-])c(Sc2c(Cl)cncc2Cl)s1. The smallest absolute Gasteiger partial charge is 0.294 e. The number of carbonyl (C=O) groups is 1. The Balaban J connectivity index is 1.59. The lowest BCUT2D eigenvalue weighted by Crippen LogP contribution is -2.36. The van der Waals surface area contributed by atoms with E-state index in [9.17, 15) is 19.3 Å². The summed E-state index contributed by atoms with van der Waals surface area (Å²) in [4.78, 5) is 30.1. The van der Waals surface area contributed by atoms with Crippen molar-refractivity contribution in [2.75, 3.05) is 26.2 Å². The number of rotatable bonds is 8. The van der Waals surface area contributed by atoms with Crippen molar-refractivity contribution in [2.45, 2.75) is 34.5 Å². The Hall–Kier alpha value is -1.46. The fourth-order valence-corrected chi connectivity index (χ4v) is 5.76. The minimum atomic E-state index is -0.709. The highest BCUT2D eigenvalue weighted by molar-refractivity contribution is 8.01. The van der Waals surface area contributed by atoms with Gasteiger partial charge in [-0.1, -0.05) is 35.0 Å². The molecule has 1 saturated heterocycles. The molecular formula is C18H19Cl2FN4O3S2.